The van der Waals surface area contributed by atoms with E-state index in [-0.39, 0.29) is 6.42 Å². The molecule has 0 radical (unpaired) electrons. The summed E-state index contributed by atoms with van der Waals surface area (Å²) in [5.41, 5.74) is 0.515. The summed E-state index contributed by atoms with van der Waals surface area (Å²) >= 11 is 0. The second-order valence-corrected chi connectivity index (χ2v) is 9.38. The minimum atomic E-state index is -1.33. The molecule has 1 saturated carbocycles. The van der Waals surface area contributed by atoms with Gasteiger partial charge < -0.3 is 19.0 Å². The summed E-state index contributed by atoms with van der Waals surface area (Å²) in [5, 5.41) is 9.97. The molecule has 0 spiro atoms. The number of rotatable bonds is 11. The summed E-state index contributed by atoms with van der Waals surface area (Å²) in [5.74, 6) is 2.54. The number of hydrogen-bond donors (Lipinski definition) is 1. The zero-order valence-corrected chi connectivity index (χ0v) is 20.7. The zero-order chi connectivity index (χ0) is 24.7. The third-order valence-electron chi connectivity index (χ3n) is 6.90. The predicted octanol–water partition coefficient (Wildman–Crippen LogP) is 6.51. The number of para-hydroxylation sites is 1. The number of benzene rings is 2. The second-order valence-electron chi connectivity index (χ2n) is 9.38. The van der Waals surface area contributed by atoms with Crippen LogP contribution in [0.1, 0.15) is 74.3 Å². The van der Waals surface area contributed by atoms with E-state index in [9.17, 15) is 9.90 Å². The first-order chi connectivity index (χ1) is 17.0. The van der Waals surface area contributed by atoms with Crippen molar-refractivity contribution < 1.29 is 23.8 Å². The number of oxazole rings is 1. The standard InChI is InChI=1S/C29H35NO5/c1-3-29(28(31)32,35-25-12-8-5-9-13-25)20-22-14-16-24(17-15-22)33-19-18-26-21(2)34-27(30-26)23-10-6-4-7-11-23/h5,8-9,12-17,23H,3-4,6-7,10-11,18-20H2,1-2H3,(H,31,32). The minimum absolute atomic E-state index is 0.260. The Hall–Kier alpha value is -3.28. The van der Waals surface area contributed by atoms with Gasteiger partial charge in [-0.2, -0.15) is 0 Å². The summed E-state index contributed by atoms with van der Waals surface area (Å²) < 4.78 is 17.9. The quantitative estimate of drug-likeness (QED) is 0.339. The van der Waals surface area contributed by atoms with Crippen LogP contribution in [-0.4, -0.2) is 28.3 Å². The first-order valence-electron chi connectivity index (χ1n) is 12.6. The van der Waals surface area contributed by atoms with Crippen molar-refractivity contribution in [2.24, 2.45) is 0 Å². The number of nitrogens with zero attached hydrogens (tertiary/aromatic N) is 1. The number of aryl methyl sites for hydroxylation is 1. The van der Waals surface area contributed by atoms with Crippen molar-refractivity contribution in [1.82, 2.24) is 4.98 Å². The molecule has 6 heteroatoms. The molecule has 1 aliphatic carbocycles. The SMILES string of the molecule is CCC(Cc1ccc(OCCc2nc(C3CCCCC3)oc2C)cc1)(Oc1ccccc1)C(=O)O. The van der Waals surface area contributed by atoms with Crippen LogP contribution in [0.25, 0.3) is 0 Å². The van der Waals surface area contributed by atoms with Gasteiger partial charge in [-0.05, 0) is 56.0 Å². The average molecular weight is 478 g/mol. The molecule has 0 amide bonds. The van der Waals surface area contributed by atoms with Crippen LogP contribution < -0.4 is 9.47 Å². The molecule has 1 atom stereocenters. The zero-order valence-electron chi connectivity index (χ0n) is 20.7. The van der Waals surface area contributed by atoms with E-state index in [1.165, 1.54) is 32.1 Å². The molecule has 35 heavy (non-hydrogen) atoms. The molecule has 0 bridgehead atoms. The van der Waals surface area contributed by atoms with Crippen molar-refractivity contribution in [2.45, 2.75) is 76.7 Å². The highest BCUT2D eigenvalue weighted by Crippen LogP contribution is 2.33. The van der Waals surface area contributed by atoms with Crippen LogP contribution >= 0.6 is 0 Å². The Morgan fingerprint density at radius 1 is 1.06 bits per heavy atom. The van der Waals surface area contributed by atoms with Gasteiger partial charge in [0.25, 0.3) is 0 Å². The molecule has 1 heterocycles. The fraction of sp³-hybridized carbons (Fsp3) is 0.448. The predicted molar refractivity (Wildman–Crippen MR) is 134 cm³/mol. The van der Waals surface area contributed by atoms with Crippen molar-refractivity contribution >= 4 is 5.97 Å². The van der Waals surface area contributed by atoms with Crippen molar-refractivity contribution in [3.8, 4) is 11.5 Å². The maximum Gasteiger partial charge on any atom is 0.348 e. The highest BCUT2D eigenvalue weighted by Gasteiger charge is 2.39. The van der Waals surface area contributed by atoms with E-state index in [2.05, 4.69) is 0 Å². The average Bonchev–Trinajstić information content (AvgIpc) is 3.26. The maximum absolute atomic E-state index is 12.2. The summed E-state index contributed by atoms with van der Waals surface area (Å²) in [6, 6.07) is 16.7. The fourth-order valence-electron chi connectivity index (χ4n) is 4.72. The third kappa shape index (κ3) is 6.24. The van der Waals surface area contributed by atoms with Gasteiger partial charge in [0.15, 0.2) is 5.89 Å². The Morgan fingerprint density at radius 3 is 2.43 bits per heavy atom. The lowest BCUT2D eigenvalue weighted by atomic mass is 9.89. The van der Waals surface area contributed by atoms with E-state index in [0.717, 1.165) is 28.7 Å². The Bertz CT molecular complexity index is 1090. The van der Waals surface area contributed by atoms with Crippen LogP contribution in [0.15, 0.2) is 59.0 Å². The number of ether oxygens (including phenoxy) is 2. The molecule has 186 valence electrons. The van der Waals surface area contributed by atoms with Gasteiger partial charge in [0.1, 0.15) is 17.3 Å². The van der Waals surface area contributed by atoms with E-state index in [1.807, 2.05) is 56.3 Å². The molecule has 1 N–H and O–H groups in total. The molecule has 1 aliphatic rings. The minimum Gasteiger partial charge on any atom is -0.493 e. The van der Waals surface area contributed by atoms with Crippen molar-refractivity contribution in [3.63, 3.8) is 0 Å². The smallest absolute Gasteiger partial charge is 0.348 e. The Kier molecular flexibility index (Phi) is 8.11. The molecular formula is C29H35NO5. The van der Waals surface area contributed by atoms with Gasteiger partial charge >= 0.3 is 5.97 Å². The van der Waals surface area contributed by atoms with Crippen molar-refractivity contribution in [2.75, 3.05) is 6.61 Å². The van der Waals surface area contributed by atoms with Crippen LogP contribution in [0.5, 0.6) is 11.5 Å². The van der Waals surface area contributed by atoms with Gasteiger partial charge in [0.2, 0.25) is 5.60 Å². The van der Waals surface area contributed by atoms with Crippen molar-refractivity contribution in [3.05, 3.63) is 77.5 Å². The first-order valence-corrected chi connectivity index (χ1v) is 12.6. The van der Waals surface area contributed by atoms with Gasteiger partial charge in [0.05, 0.1) is 12.3 Å². The first kappa shape index (κ1) is 24.8. The highest BCUT2D eigenvalue weighted by atomic mass is 16.5. The molecule has 1 unspecified atom stereocenters. The number of aliphatic carboxylic acids is 1. The maximum atomic E-state index is 12.2. The molecule has 1 fully saturated rings. The number of carboxylic acids is 1. The summed E-state index contributed by atoms with van der Waals surface area (Å²) in [7, 11) is 0. The van der Waals surface area contributed by atoms with E-state index in [0.29, 0.717) is 31.1 Å². The molecule has 6 nitrogen and oxygen atoms in total. The summed E-state index contributed by atoms with van der Waals surface area (Å²) in [4.78, 5) is 16.9. The van der Waals surface area contributed by atoms with Crippen LogP contribution in [-0.2, 0) is 17.6 Å². The molecule has 1 aromatic heterocycles. The van der Waals surface area contributed by atoms with Crippen LogP contribution in [0.3, 0.4) is 0 Å². The largest absolute Gasteiger partial charge is 0.493 e. The van der Waals surface area contributed by atoms with Gasteiger partial charge in [-0.25, -0.2) is 9.78 Å². The lowest BCUT2D eigenvalue weighted by Gasteiger charge is -2.29. The monoisotopic (exact) mass is 477 g/mol. The molecule has 2 aromatic carbocycles. The normalized spacial score (nSPS) is 15.9. The molecule has 0 aliphatic heterocycles. The topological polar surface area (TPSA) is 81.8 Å². The molecule has 0 saturated heterocycles. The Balaban J connectivity index is 1.34. The Labute approximate surface area is 207 Å². The highest BCUT2D eigenvalue weighted by molar-refractivity contribution is 5.78. The van der Waals surface area contributed by atoms with Gasteiger partial charge in [-0.15, -0.1) is 0 Å². The summed E-state index contributed by atoms with van der Waals surface area (Å²) in [6.45, 7) is 4.31. The molecule has 4 rings (SSSR count). The number of carboxylic acid groups (broad SMARTS) is 1. The van der Waals surface area contributed by atoms with Gasteiger partial charge in [-0.3, -0.25) is 0 Å². The summed E-state index contributed by atoms with van der Waals surface area (Å²) in [6.07, 6.45) is 7.44. The van der Waals surface area contributed by atoms with Gasteiger partial charge in [-0.1, -0.05) is 56.5 Å². The third-order valence-corrected chi connectivity index (χ3v) is 6.90. The van der Waals surface area contributed by atoms with E-state index < -0.39 is 11.6 Å². The number of aromatic nitrogens is 1. The van der Waals surface area contributed by atoms with Crippen molar-refractivity contribution in [1.29, 1.82) is 0 Å². The molecule has 3 aromatic rings. The number of hydrogen-bond acceptors (Lipinski definition) is 5. The van der Waals surface area contributed by atoms with E-state index >= 15 is 0 Å². The number of carbonyl (C=O) groups is 1. The van der Waals surface area contributed by atoms with Gasteiger partial charge in [0, 0.05) is 18.8 Å². The van der Waals surface area contributed by atoms with E-state index in [1.54, 1.807) is 12.1 Å². The molecular weight excluding hydrogens is 442 g/mol. The van der Waals surface area contributed by atoms with E-state index in [4.69, 9.17) is 18.9 Å². The van der Waals surface area contributed by atoms with Crippen LogP contribution in [0.4, 0.5) is 0 Å². The lowest BCUT2D eigenvalue weighted by molar-refractivity contribution is -0.155. The Morgan fingerprint density at radius 2 is 1.77 bits per heavy atom. The lowest BCUT2D eigenvalue weighted by Crippen LogP contribution is -2.46. The fourth-order valence-corrected chi connectivity index (χ4v) is 4.72. The second kappa shape index (κ2) is 11.4. The van der Waals surface area contributed by atoms with Crippen LogP contribution in [0, 0.1) is 6.92 Å². The van der Waals surface area contributed by atoms with Crippen LogP contribution in [0.2, 0.25) is 0 Å².